The maximum atomic E-state index is 5.33. The fourth-order valence-electron chi connectivity index (χ4n) is 15.9. The zero-order chi connectivity index (χ0) is 49.5. The monoisotopic (exact) mass is 981 g/mol. The van der Waals surface area contributed by atoms with Crippen LogP contribution in [0.5, 0.6) is 0 Å². The largest absolute Gasteiger partial charge is 0.319 e. The zero-order valence-corrected chi connectivity index (χ0v) is 43.4. The van der Waals surface area contributed by atoms with Gasteiger partial charge in [-0.25, -0.2) is 9.97 Å². The van der Waals surface area contributed by atoms with E-state index in [0.717, 1.165) is 23.0 Å². The van der Waals surface area contributed by atoms with Crippen LogP contribution in [0.3, 0.4) is 0 Å². The van der Waals surface area contributed by atoms with Gasteiger partial charge in [-0.2, -0.15) is 0 Å². The number of pyridine rings is 2. The molecule has 0 saturated heterocycles. The Morgan fingerprint density at radius 1 is 0.360 bits per heavy atom. The van der Waals surface area contributed by atoms with E-state index >= 15 is 0 Å². The minimum absolute atomic E-state index is 0.613. The summed E-state index contributed by atoms with van der Waals surface area (Å²) in [5.41, 5.74) is 20.9. The average molecular weight is 981 g/mol. The quantitative estimate of drug-likeness (QED) is 0.136. The average Bonchev–Trinajstić information content (AvgIpc) is 4.37. The maximum absolute atomic E-state index is 5.33. The van der Waals surface area contributed by atoms with E-state index in [1.165, 1.54) is 159 Å². The standard InChI is InChI=1S/C69H68N6/c1-2-20-47(19-1)55-33-15-34-56(48-21-3-4-22-48)65(55)51-27-13-29-53(43-51)72-45-74(63-39-17-41-70-67(63)72)69(61-37-11-9-31-59(61)60-32-10-12-38-62(60)69)75-46-73(68-64(75)40-18-42-71-68)54-30-14-28-52(44-54)66-57(49-23-5-6-24-49)35-16-36-58(66)50-25-7-8-26-50/h9-18,27-44,47-50H,1-8,19-26,45-46H2. The molecule has 0 radical (unpaired) electrons. The highest BCUT2D eigenvalue weighted by Gasteiger charge is 2.57. The summed E-state index contributed by atoms with van der Waals surface area (Å²) in [6, 6.07) is 61.0. The second-order valence-electron chi connectivity index (χ2n) is 23.1. The van der Waals surface area contributed by atoms with Crippen LogP contribution in [0.2, 0.25) is 0 Å². The number of benzene rings is 6. The van der Waals surface area contributed by atoms with Gasteiger partial charge in [0.05, 0.1) is 24.7 Å². The van der Waals surface area contributed by atoms with Crippen molar-refractivity contribution in [2.75, 3.05) is 32.9 Å². The highest BCUT2D eigenvalue weighted by molar-refractivity contribution is 5.93. The molecule has 4 fully saturated rings. The Morgan fingerprint density at radius 3 is 1.11 bits per heavy atom. The molecule has 6 heteroatoms. The molecular weight excluding hydrogens is 913 g/mol. The molecule has 0 N–H and O–H groups in total. The molecular formula is C69H68N6. The summed E-state index contributed by atoms with van der Waals surface area (Å²) in [5.74, 6) is 4.48. The van der Waals surface area contributed by atoms with Crippen LogP contribution in [0.25, 0.3) is 33.4 Å². The minimum atomic E-state index is -0.767. The van der Waals surface area contributed by atoms with E-state index in [1.807, 2.05) is 12.4 Å². The zero-order valence-electron chi connectivity index (χ0n) is 43.4. The van der Waals surface area contributed by atoms with Crippen LogP contribution >= 0.6 is 0 Å². The smallest absolute Gasteiger partial charge is 0.170 e. The third-order valence-corrected chi connectivity index (χ3v) is 19.2. The Balaban J connectivity index is 0.874. The lowest BCUT2D eigenvalue weighted by atomic mass is 9.82. The van der Waals surface area contributed by atoms with Gasteiger partial charge in [0.2, 0.25) is 0 Å². The predicted octanol–water partition coefficient (Wildman–Crippen LogP) is 17.9. The molecule has 15 rings (SSSR count). The molecule has 6 nitrogen and oxygen atoms in total. The lowest BCUT2D eigenvalue weighted by Gasteiger charge is -2.49. The van der Waals surface area contributed by atoms with Gasteiger partial charge in [0, 0.05) is 34.9 Å². The van der Waals surface area contributed by atoms with E-state index in [1.54, 1.807) is 22.3 Å². The normalized spacial score (nSPS) is 19.4. The molecule has 4 saturated carbocycles. The molecule has 0 atom stereocenters. The van der Waals surface area contributed by atoms with Crippen molar-refractivity contribution in [3.05, 3.63) is 203 Å². The lowest BCUT2D eigenvalue weighted by molar-refractivity contribution is 0.472. The van der Waals surface area contributed by atoms with Gasteiger partial charge in [-0.05, 0) is 179 Å². The van der Waals surface area contributed by atoms with Crippen molar-refractivity contribution in [3.8, 4) is 33.4 Å². The van der Waals surface area contributed by atoms with Crippen molar-refractivity contribution in [1.29, 1.82) is 0 Å². The molecule has 75 heavy (non-hydrogen) atoms. The number of hydrogen-bond donors (Lipinski definition) is 0. The summed E-state index contributed by atoms with van der Waals surface area (Å²) >= 11 is 0. The number of anilines is 6. The number of rotatable bonds is 10. The highest BCUT2D eigenvalue weighted by atomic mass is 15.6. The van der Waals surface area contributed by atoms with Crippen LogP contribution in [0.15, 0.2) is 170 Å². The van der Waals surface area contributed by atoms with Crippen molar-refractivity contribution in [1.82, 2.24) is 9.97 Å². The first-order valence-electron chi connectivity index (χ1n) is 28.9. The Bertz CT molecular complexity index is 3150. The molecule has 374 valence electrons. The van der Waals surface area contributed by atoms with Gasteiger partial charge in [-0.3, -0.25) is 0 Å². The van der Waals surface area contributed by atoms with Crippen LogP contribution in [0.1, 0.15) is 160 Å². The van der Waals surface area contributed by atoms with Crippen LogP contribution in [0.4, 0.5) is 34.4 Å². The second-order valence-corrected chi connectivity index (χ2v) is 23.1. The van der Waals surface area contributed by atoms with E-state index in [9.17, 15) is 0 Å². The minimum Gasteiger partial charge on any atom is -0.319 e. The molecule has 8 aromatic rings. The van der Waals surface area contributed by atoms with E-state index in [4.69, 9.17) is 9.97 Å². The van der Waals surface area contributed by atoms with Crippen molar-refractivity contribution in [2.24, 2.45) is 0 Å². The molecule has 0 bridgehead atoms. The molecule has 2 aliphatic heterocycles. The van der Waals surface area contributed by atoms with Crippen molar-refractivity contribution >= 4 is 34.4 Å². The third-order valence-electron chi connectivity index (χ3n) is 19.2. The van der Waals surface area contributed by atoms with Crippen molar-refractivity contribution in [3.63, 3.8) is 0 Å². The Kier molecular flexibility index (Phi) is 11.2. The third kappa shape index (κ3) is 7.25. The maximum Gasteiger partial charge on any atom is 0.170 e. The van der Waals surface area contributed by atoms with Gasteiger partial charge < -0.3 is 19.6 Å². The van der Waals surface area contributed by atoms with Crippen molar-refractivity contribution in [2.45, 2.75) is 132 Å². The van der Waals surface area contributed by atoms with Gasteiger partial charge in [0.25, 0.3) is 0 Å². The molecule has 4 heterocycles. The fourth-order valence-corrected chi connectivity index (χ4v) is 15.9. The van der Waals surface area contributed by atoms with E-state index < -0.39 is 5.66 Å². The van der Waals surface area contributed by atoms with Crippen LogP contribution in [0, 0.1) is 0 Å². The summed E-state index contributed by atoms with van der Waals surface area (Å²) in [7, 11) is 0. The predicted molar refractivity (Wildman–Crippen MR) is 309 cm³/mol. The molecule has 0 spiro atoms. The van der Waals surface area contributed by atoms with E-state index in [0.29, 0.717) is 37.0 Å². The topological polar surface area (TPSA) is 38.7 Å². The molecule has 2 aromatic heterocycles. The lowest BCUT2D eigenvalue weighted by Crippen LogP contribution is -2.59. The van der Waals surface area contributed by atoms with E-state index in [2.05, 4.69) is 177 Å². The summed E-state index contributed by atoms with van der Waals surface area (Å²) in [6.45, 7) is 1.23. The SMILES string of the molecule is c1cc(-c2c(C3CCCC3)cccc2C2CCCC2)cc(N2CN(C3(N4CN(c5cccc(-c6c(C7CCCC7)cccc6C6CCCC6)c5)c5ncccc54)c4ccccc4-c4ccccc43)c3cccnc32)c1. The Labute approximate surface area is 444 Å². The summed E-state index contributed by atoms with van der Waals surface area (Å²) in [5, 5.41) is 0. The van der Waals surface area contributed by atoms with Crippen LogP contribution < -0.4 is 19.6 Å². The van der Waals surface area contributed by atoms with Gasteiger partial charge in [-0.1, -0.05) is 161 Å². The van der Waals surface area contributed by atoms with Crippen molar-refractivity contribution < 1.29 is 0 Å². The summed E-state index contributed by atoms with van der Waals surface area (Å²) < 4.78 is 0. The highest BCUT2D eigenvalue weighted by Crippen LogP contribution is 2.61. The van der Waals surface area contributed by atoms with Gasteiger partial charge in [0.1, 0.15) is 0 Å². The molecule has 7 aliphatic rings. The number of aromatic nitrogens is 2. The molecule has 0 unspecified atom stereocenters. The molecule has 5 aliphatic carbocycles. The molecule has 0 amide bonds. The second kappa shape index (κ2) is 18.6. The van der Waals surface area contributed by atoms with E-state index in [-0.39, 0.29) is 0 Å². The van der Waals surface area contributed by atoms with Gasteiger partial charge >= 0.3 is 0 Å². The van der Waals surface area contributed by atoms with Crippen LogP contribution in [-0.4, -0.2) is 23.3 Å². The number of nitrogens with zero attached hydrogens (tertiary/aromatic N) is 6. The van der Waals surface area contributed by atoms with Crippen LogP contribution in [-0.2, 0) is 5.66 Å². The van der Waals surface area contributed by atoms with Gasteiger partial charge in [-0.15, -0.1) is 0 Å². The molecule has 6 aromatic carbocycles. The first-order chi connectivity index (χ1) is 37.2. The summed E-state index contributed by atoms with van der Waals surface area (Å²) in [4.78, 5) is 21.0. The fraction of sp³-hybridized carbons (Fsp3) is 0.333. The number of fused-ring (bicyclic) bond motifs is 5. The first kappa shape index (κ1) is 45.2. The Hall–Kier alpha value is -7.18. The first-order valence-corrected chi connectivity index (χ1v) is 28.9. The number of hydrogen-bond acceptors (Lipinski definition) is 6. The Morgan fingerprint density at radius 2 is 0.720 bits per heavy atom. The van der Waals surface area contributed by atoms with Gasteiger partial charge in [0.15, 0.2) is 17.3 Å². The summed E-state index contributed by atoms with van der Waals surface area (Å²) in [6.07, 6.45) is 24.9.